The zero-order valence-electron chi connectivity index (χ0n) is 26.3. The van der Waals surface area contributed by atoms with Gasteiger partial charge in [0.05, 0.1) is 37.6 Å². The predicted octanol–water partition coefficient (Wildman–Crippen LogP) is 5.70. The number of rotatable bonds is 12. The molecule has 236 valence electrons. The van der Waals surface area contributed by atoms with E-state index >= 15 is 0 Å². The van der Waals surface area contributed by atoms with Crippen molar-refractivity contribution < 1.29 is 24.2 Å². The first-order valence-corrected chi connectivity index (χ1v) is 14.5. The van der Waals surface area contributed by atoms with E-state index in [9.17, 15) is 14.7 Å². The van der Waals surface area contributed by atoms with Gasteiger partial charge in [-0.25, -0.2) is 0 Å². The molecule has 3 aromatic rings. The second kappa shape index (κ2) is 14.7. The number of amides is 1. The first-order valence-electron chi connectivity index (χ1n) is 14.5. The van der Waals surface area contributed by atoms with Crippen molar-refractivity contribution in [3.63, 3.8) is 0 Å². The summed E-state index contributed by atoms with van der Waals surface area (Å²) in [5, 5.41) is 22.7. The van der Waals surface area contributed by atoms with Gasteiger partial charge in [0.25, 0.3) is 5.91 Å². The normalized spacial score (nSPS) is 12.4. The van der Waals surface area contributed by atoms with Gasteiger partial charge < -0.3 is 29.7 Å². The van der Waals surface area contributed by atoms with Gasteiger partial charge in [-0.2, -0.15) is 0 Å². The highest BCUT2D eigenvalue weighted by Gasteiger charge is 2.30. The molecule has 4 rings (SSSR count). The summed E-state index contributed by atoms with van der Waals surface area (Å²) in [5.74, 6) is 0.305. The fraction of sp³-hybridized carbons (Fsp3) is 0.382. The van der Waals surface area contributed by atoms with Crippen molar-refractivity contribution in [2.45, 2.75) is 46.3 Å². The fourth-order valence-corrected chi connectivity index (χ4v) is 5.14. The Labute approximate surface area is 270 Å². The van der Waals surface area contributed by atoms with Crippen LogP contribution in [0.5, 0.6) is 11.5 Å². The van der Waals surface area contributed by atoms with E-state index in [1.54, 1.807) is 36.2 Å². The molecule has 0 aliphatic carbocycles. The highest BCUT2D eigenvalue weighted by Crippen LogP contribution is 2.39. The summed E-state index contributed by atoms with van der Waals surface area (Å²) in [5.41, 5.74) is 4.14. The average molecular weight is 668 g/mol. The Bertz CT molecular complexity index is 1500. The molecule has 0 fully saturated rings. The molecule has 3 N–H and O–H groups in total. The number of carbonyl (C=O) groups excluding carboxylic acids is 2. The maximum Gasteiger partial charge on any atom is 0.254 e. The summed E-state index contributed by atoms with van der Waals surface area (Å²) in [4.78, 5) is 29.8. The number of amidine groups is 1. The van der Waals surface area contributed by atoms with E-state index in [1.807, 2.05) is 70.0 Å². The first kappa shape index (κ1) is 34.6. The zero-order chi connectivity index (χ0) is 31.3. The van der Waals surface area contributed by atoms with Gasteiger partial charge in [-0.05, 0) is 47.7 Å². The molecule has 0 saturated carbocycles. The number of phenolic OH excluding ortho intramolecular Hbond substituents is 1. The summed E-state index contributed by atoms with van der Waals surface area (Å²) in [6.45, 7) is 10.0. The summed E-state index contributed by atoms with van der Waals surface area (Å²) in [7, 11) is 3.42. The molecule has 1 aliphatic heterocycles. The molecular weight excluding hydrogens is 624 g/mol. The number of Topliss-reactive ketones (excluding diaryl/α,β-unsaturated/α-hetero) is 1. The van der Waals surface area contributed by atoms with Gasteiger partial charge in [0.1, 0.15) is 17.3 Å². The van der Waals surface area contributed by atoms with Gasteiger partial charge in [-0.15, -0.1) is 17.0 Å². The van der Waals surface area contributed by atoms with Gasteiger partial charge in [0.2, 0.25) is 0 Å². The summed E-state index contributed by atoms with van der Waals surface area (Å²) in [6.07, 6.45) is 0. The zero-order valence-corrected chi connectivity index (χ0v) is 28.0. The number of phenols is 1. The maximum absolute atomic E-state index is 13.7. The van der Waals surface area contributed by atoms with Crippen LogP contribution >= 0.6 is 17.0 Å². The van der Waals surface area contributed by atoms with Crippen LogP contribution in [-0.2, 0) is 23.3 Å². The van der Waals surface area contributed by atoms with Crippen molar-refractivity contribution in [2.75, 3.05) is 45.3 Å². The van der Waals surface area contributed by atoms with Crippen LogP contribution in [0, 0.1) is 5.41 Å². The number of aromatic hydroxyl groups is 1. The Morgan fingerprint density at radius 1 is 1.11 bits per heavy atom. The van der Waals surface area contributed by atoms with E-state index in [4.69, 9.17) is 14.9 Å². The average Bonchev–Trinajstić information content (AvgIpc) is 3.27. The molecule has 0 spiro atoms. The largest absolute Gasteiger partial charge is 0.505 e. The minimum Gasteiger partial charge on any atom is -0.505 e. The van der Waals surface area contributed by atoms with E-state index in [1.165, 1.54) is 0 Å². The van der Waals surface area contributed by atoms with Crippen LogP contribution in [0.4, 0.5) is 5.69 Å². The number of halogens is 1. The minimum atomic E-state index is -0.414. The number of nitrogens with one attached hydrogen (secondary N) is 2. The third kappa shape index (κ3) is 7.78. The number of carbonyl (C=O) groups is 2. The highest BCUT2D eigenvalue weighted by molar-refractivity contribution is 8.93. The molecule has 0 bridgehead atoms. The Hall–Kier alpha value is -3.89. The number of hydrogen-bond donors (Lipinski definition) is 3. The van der Waals surface area contributed by atoms with Gasteiger partial charge in [-0.3, -0.25) is 15.0 Å². The van der Waals surface area contributed by atoms with Crippen LogP contribution < -0.4 is 15.0 Å². The number of ketones is 1. The molecule has 9 nitrogen and oxygen atoms in total. The molecule has 44 heavy (non-hydrogen) atoms. The molecule has 0 unspecified atom stereocenters. The standard InChI is InChI=1S/C34H42N4O5.BrH/c1-7-43-30-17-24-19-38(32(35)25(24)18-26(30)33(41)36-5)20-29(39)23-15-27(34(2,3)4)31(40)28(16-23)37(6)13-14-42-21-22-11-9-8-10-12-22;/h8-12,15-18,35,40H,7,13-14,19-21H2,1-6H3,(H,36,41);1H. The predicted molar refractivity (Wildman–Crippen MR) is 179 cm³/mol. The van der Waals surface area contributed by atoms with Crippen LogP contribution in [0.1, 0.15) is 70.7 Å². The topological polar surface area (TPSA) is 115 Å². The van der Waals surface area contributed by atoms with Crippen molar-refractivity contribution in [3.8, 4) is 11.5 Å². The number of ether oxygens (including phenoxy) is 2. The summed E-state index contributed by atoms with van der Waals surface area (Å²) in [6, 6.07) is 16.9. The molecule has 0 aromatic heterocycles. The molecule has 0 radical (unpaired) electrons. The molecule has 1 heterocycles. The van der Waals surface area contributed by atoms with Crippen LogP contribution in [0.15, 0.2) is 54.6 Å². The molecule has 1 aliphatic rings. The van der Waals surface area contributed by atoms with Gasteiger partial charge >= 0.3 is 0 Å². The molecule has 1 amide bonds. The molecule has 3 aromatic carbocycles. The van der Waals surface area contributed by atoms with Gasteiger partial charge in [0, 0.05) is 43.9 Å². The first-order chi connectivity index (χ1) is 20.4. The third-order valence-corrected chi connectivity index (χ3v) is 7.56. The molecule has 10 heteroatoms. The van der Waals surface area contributed by atoms with Gasteiger partial charge in [-0.1, -0.05) is 51.1 Å². The van der Waals surface area contributed by atoms with Gasteiger partial charge in [0.15, 0.2) is 5.78 Å². The number of anilines is 1. The molecule has 0 saturated heterocycles. The highest BCUT2D eigenvalue weighted by atomic mass is 79.9. The van der Waals surface area contributed by atoms with Crippen LogP contribution in [0.25, 0.3) is 0 Å². The van der Waals surface area contributed by atoms with E-state index in [0.717, 1.165) is 11.1 Å². The van der Waals surface area contributed by atoms with Crippen LogP contribution in [0.3, 0.4) is 0 Å². The Morgan fingerprint density at radius 2 is 1.82 bits per heavy atom. The smallest absolute Gasteiger partial charge is 0.254 e. The number of fused-ring (bicyclic) bond motifs is 1. The number of nitrogens with zero attached hydrogens (tertiary/aromatic N) is 2. The minimum absolute atomic E-state index is 0. The van der Waals surface area contributed by atoms with Crippen LogP contribution in [0.2, 0.25) is 0 Å². The van der Waals surface area contributed by atoms with Crippen LogP contribution in [-0.4, -0.2) is 67.9 Å². The van der Waals surface area contributed by atoms with E-state index in [2.05, 4.69) is 5.32 Å². The van der Waals surface area contributed by atoms with Crippen molar-refractivity contribution in [1.29, 1.82) is 5.41 Å². The third-order valence-electron chi connectivity index (χ3n) is 7.56. The van der Waals surface area contributed by atoms with Crippen molar-refractivity contribution in [3.05, 3.63) is 88.0 Å². The Morgan fingerprint density at radius 3 is 2.45 bits per heavy atom. The molecule has 0 atom stereocenters. The Balaban J connectivity index is 0.00000529. The van der Waals surface area contributed by atoms with E-state index < -0.39 is 5.41 Å². The second-order valence-electron chi connectivity index (χ2n) is 11.7. The lowest BCUT2D eigenvalue weighted by molar-refractivity contribution is 0.0953. The summed E-state index contributed by atoms with van der Waals surface area (Å²) >= 11 is 0. The lowest BCUT2D eigenvalue weighted by Crippen LogP contribution is -2.31. The second-order valence-corrected chi connectivity index (χ2v) is 11.7. The number of hydrogen-bond acceptors (Lipinski definition) is 7. The lowest BCUT2D eigenvalue weighted by Gasteiger charge is -2.27. The quantitative estimate of drug-likeness (QED) is 0.168. The monoisotopic (exact) mass is 666 g/mol. The van der Waals surface area contributed by atoms with Crippen molar-refractivity contribution in [1.82, 2.24) is 10.2 Å². The van der Waals surface area contributed by atoms with Crippen molar-refractivity contribution >= 4 is 40.2 Å². The molecular formula is C34H43BrN4O5. The SMILES string of the molecule is Br.CCOc1cc2c(cc1C(=O)NC)C(=N)N(CC(=O)c1cc(N(C)CCOCc3ccccc3)c(O)c(C(C)(C)C)c1)C2. The number of benzene rings is 3. The van der Waals surface area contributed by atoms with Crippen molar-refractivity contribution in [2.24, 2.45) is 0 Å². The maximum atomic E-state index is 13.7. The Kier molecular flexibility index (Phi) is 11.6. The lowest BCUT2D eigenvalue weighted by atomic mass is 9.84. The summed E-state index contributed by atoms with van der Waals surface area (Å²) < 4.78 is 11.6. The van der Waals surface area contributed by atoms with E-state index in [0.29, 0.717) is 66.6 Å². The fourth-order valence-electron chi connectivity index (χ4n) is 5.14. The van der Waals surface area contributed by atoms with E-state index in [-0.39, 0.29) is 46.8 Å². The number of likely N-dealkylation sites (N-methyl/N-ethyl adjacent to an activating group) is 1.